The third-order valence-corrected chi connectivity index (χ3v) is 0.837. The molecule has 4 nitrogen and oxygen atoms in total. The van der Waals surface area contributed by atoms with Gasteiger partial charge in [-0.05, 0) is 0 Å². The van der Waals surface area contributed by atoms with E-state index in [0.29, 0.717) is 6.26 Å². The minimum absolute atomic E-state index is 0.349. The van der Waals surface area contributed by atoms with Crippen LogP contribution in [-0.2, 0) is 9.09 Å². The lowest BCUT2D eigenvalue weighted by Gasteiger charge is -1.98. The Hall–Kier alpha value is 0.270. The lowest BCUT2D eigenvalue weighted by molar-refractivity contribution is 0.258. The van der Waals surface area contributed by atoms with E-state index in [4.69, 9.17) is 33.0 Å². The molecule has 0 fully saturated rings. The first-order valence-corrected chi connectivity index (χ1v) is 3.95. The molecule has 0 aromatic rings. The summed E-state index contributed by atoms with van der Waals surface area (Å²) in [6.07, 6.45) is 0.559. The molecule has 54 valence electrons. The second-order valence-corrected chi connectivity index (χ2v) is 3.20. The average Bonchev–Trinajstić information content (AvgIpc) is 1.59. The van der Waals surface area contributed by atoms with Crippen molar-refractivity contribution < 1.29 is 18.9 Å². The average molecular weight is 193 g/mol. The van der Waals surface area contributed by atoms with Crippen LogP contribution in [0.25, 0.3) is 0 Å². The molecule has 7 heteroatoms. The number of rotatable bonds is 2. The smallest absolute Gasteiger partial charge is 0.410 e. The van der Waals surface area contributed by atoms with Crippen LogP contribution in [0.5, 0.6) is 0 Å². The maximum absolute atomic E-state index is 9.85. The first-order chi connectivity index (χ1) is 3.92. The molecular formula is C2H3Cl2O4P. The number of hydrogen-bond donors (Lipinski definition) is 2. The Morgan fingerprint density at radius 3 is 2.11 bits per heavy atom. The zero-order chi connectivity index (χ0) is 7.49. The van der Waals surface area contributed by atoms with Gasteiger partial charge in [0.2, 0.25) is 0 Å². The lowest BCUT2D eigenvalue weighted by Crippen LogP contribution is -1.77. The molecule has 0 bridgehead atoms. The predicted octanol–water partition coefficient (Wildman–Crippen LogP) is 1.37. The number of phosphoric ester groups is 1. The first kappa shape index (κ1) is 9.27. The molecule has 0 unspecified atom stereocenters. The minimum atomic E-state index is -4.46. The van der Waals surface area contributed by atoms with Gasteiger partial charge in [0.1, 0.15) is 10.8 Å². The fraction of sp³-hybridized carbons (Fsp3) is 0. The van der Waals surface area contributed by atoms with Crippen LogP contribution in [0.2, 0.25) is 0 Å². The van der Waals surface area contributed by atoms with Crippen molar-refractivity contribution in [1.29, 1.82) is 0 Å². The van der Waals surface area contributed by atoms with E-state index in [1.54, 1.807) is 0 Å². The molecule has 0 aliphatic carbocycles. The van der Waals surface area contributed by atoms with Gasteiger partial charge in [-0.2, -0.15) is 0 Å². The molecule has 0 aliphatic heterocycles. The van der Waals surface area contributed by atoms with Gasteiger partial charge < -0.3 is 4.52 Å². The summed E-state index contributed by atoms with van der Waals surface area (Å²) in [5.41, 5.74) is 0. The van der Waals surface area contributed by atoms with Gasteiger partial charge in [0.25, 0.3) is 0 Å². The zero-order valence-corrected chi connectivity index (χ0v) is 6.40. The summed E-state index contributed by atoms with van der Waals surface area (Å²) in [6.45, 7) is 0. The highest BCUT2D eigenvalue weighted by Crippen LogP contribution is 2.36. The number of hydrogen-bond acceptors (Lipinski definition) is 2. The Morgan fingerprint density at radius 2 is 2.00 bits per heavy atom. The molecule has 0 aromatic heterocycles. The van der Waals surface area contributed by atoms with Gasteiger partial charge in [0.15, 0.2) is 0 Å². The molecule has 0 aromatic carbocycles. The molecule has 0 saturated carbocycles. The largest absolute Gasteiger partial charge is 0.524 e. The van der Waals surface area contributed by atoms with Crippen LogP contribution in [0, 0.1) is 0 Å². The van der Waals surface area contributed by atoms with Crippen molar-refractivity contribution in [2.24, 2.45) is 0 Å². The fourth-order valence-corrected chi connectivity index (χ4v) is 0.565. The number of phosphoric acid groups is 1. The molecule has 0 atom stereocenters. The summed E-state index contributed by atoms with van der Waals surface area (Å²) in [4.78, 5) is 16.0. The molecular weight excluding hydrogens is 190 g/mol. The molecule has 0 heterocycles. The molecule has 0 rings (SSSR count). The molecule has 0 amide bonds. The SMILES string of the molecule is O=P(O)(O)OC=C(Cl)Cl. The molecule has 2 N–H and O–H groups in total. The van der Waals surface area contributed by atoms with Gasteiger partial charge in [-0.15, -0.1) is 0 Å². The standard InChI is InChI=1S/C2H3Cl2O4P/c3-2(4)1-8-9(5,6)7/h1H,(H2,5,6,7). The van der Waals surface area contributed by atoms with Crippen LogP contribution >= 0.6 is 31.0 Å². The van der Waals surface area contributed by atoms with Gasteiger partial charge in [0.05, 0.1) is 0 Å². The van der Waals surface area contributed by atoms with E-state index >= 15 is 0 Å². The van der Waals surface area contributed by atoms with Gasteiger partial charge in [-0.25, -0.2) is 4.57 Å². The van der Waals surface area contributed by atoms with E-state index in [2.05, 4.69) is 4.52 Å². The second-order valence-electron chi connectivity index (χ2n) is 1.00. The normalized spacial score (nSPS) is 10.7. The molecule has 0 saturated heterocycles. The van der Waals surface area contributed by atoms with Crippen molar-refractivity contribution >= 4 is 31.0 Å². The van der Waals surface area contributed by atoms with E-state index in [1.165, 1.54) is 0 Å². The number of halogens is 2. The summed E-state index contributed by atoms with van der Waals surface area (Å²) in [5.74, 6) is 0. The van der Waals surface area contributed by atoms with E-state index < -0.39 is 7.82 Å². The highest BCUT2D eigenvalue weighted by Gasteiger charge is 2.11. The Morgan fingerprint density at radius 1 is 1.56 bits per heavy atom. The summed E-state index contributed by atoms with van der Waals surface area (Å²) in [7, 11) is -4.46. The van der Waals surface area contributed by atoms with Gasteiger partial charge in [0, 0.05) is 0 Å². The molecule has 0 radical (unpaired) electrons. The molecule has 0 aliphatic rings. The second kappa shape index (κ2) is 3.44. The maximum atomic E-state index is 9.85. The molecule has 0 spiro atoms. The van der Waals surface area contributed by atoms with Crippen molar-refractivity contribution in [3.8, 4) is 0 Å². The molecule has 9 heavy (non-hydrogen) atoms. The van der Waals surface area contributed by atoms with Crippen LogP contribution in [0.4, 0.5) is 0 Å². The van der Waals surface area contributed by atoms with Crippen molar-refractivity contribution in [2.45, 2.75) is 0 Å². The Kier molecular flexibility index (Phi) is 3.54. The van der Waals surface area contributed by atoms with Crippen molar-refractivity contribution in [3.05, 3.63) is 10.8 Å². The monoisotopic (exact) mass is 192 g/mol. The van der Waals surface area contributed by atoms with Crippen LogP contribution in [0.3, 0.4) is 0 Å². The van der Waals surface area contributed by atoms with Crippen LogP contribution in [-0.4, -0.2) is 9.79 Å². The van der Waals surface area contributed by atoms with Crippen LogP contribution < -0.4 is 0 Å². The quantitative estimate of drug-likeness (QED) is 0.513. The maximum Gasteiger partial charge on any atom is 0.524 e. The van der Waals surface area contributed by atoms with E-state index in [-0.39, 0.29) is 4.49 Å². The van der Waals surface area contributed by atoms with Crippen molar-refractivity contribution in [3.63, 3.8) is 0 Å². The highest BCUT2D eigenvalue weighted by molar-refractivity contribution is 7.46. The predicted molar refractivity (Wildman–Crippen MR) is 32.9 cm³/mol. The summed E-state index contributed by atoms with van der Waals surface area (Å²) < 4.78 is 13.2. The Balaban J connectivity index is 3.79. The van der Waals surface area contributed by atoms with E-state index in [9.17, 15) is 4.57 Å². The summed E-state index contributed by atoms with van der Waals surface area (Å²) >= 11 is 9.88. The minimum Gasteiger partial charge on any atom is -0.410 e. The first-order valence-electron chi connectivity index (χ1n) is 1.67. The summed E-state index contributed by atoms with van der Waals surface area (Å²) in [6, 6.07) is 0. The van der Waals surface area contributed by atoms with E-state index in [0.717, 1.165) is 0 Å². The Labute approximate surface area is 61.3 Å². The van der Waals surface area contributed by atoms with Gasteiger partial charge in [-0.3, -0.25) is 9.79 Å². The highest BCUT2D eigenvalue weighted by atomic mass is 35.5. The fourth-order valence-electron chi connectivity index (χ4n) is 0.108. The van der Waals surface area contributed by atoms with Crippen LogP contribution in [0.1, 0.15) is 0 Å². The topological polar surface area (TPSA) is 66.8 Å². The Bertz CT molecular complexity index is 156. The van der Waals surface area contributed by atoms with Crippen molar-refractivity contribution in [1.82, 2.24) is 0 Å². The summed E-state index contributed by atoms with van der Waals surface area (Å²) in [5, 5.41) is 0. The van der Waals surface area contributed by atoms with Gasteiger partial charge >= 0.3 is 7.82 Å². The zero-order valence-electron chi connectivity index (χ0n) is 3.99. The van der Waals surface area contributed by atoms with Gasteiger partial charge in [-0.1, -0.05) is 23.2 Å². The van der Waals surface area contributed by atoms with E-state index in [1.807, 2.05) is 0 Å². The third kappa shape index (κ3) is 8.27. The van der Waals surface area contributed by atoms with Crippen LogP contribution in [0.15, 0.2) is 10.8 Å². The van der Waals surface area contributed by atoms with Crippen molar-refractivity contribution in [2.75, 3.05) is 0 Å². The lowest BCUT2D eigenvalue weighted by atomic mass is 11.2. The third-order valence-electron chi connectivity index (χ3n) is 0.279.